The molecule has 0 aliphatic carbocycles. The third-order valence-electron chi connectivity index (χ3n) is 5.20. The average Bonchev–Trinajstić information content (AvgIpc) is 3.34. The summed E-state index contributed by atoms with van der Waals surface area (Å²) in [6.45, 7) is 6.42. The zero-order valence-corrected chi connectivity index (χ0v) is 20.0. The van der Waals surface area contributed by atoms with Crippen LogP contribution in [0.1, 0.15) is 33.0 Å². The number of ether oxygens (including phenoxy) is 1. The van der Waals surface area contributed by atoms with Crippen molar-refractivity contribution in [3.63, 3.8) is 0 Å². The van der Waals surface area contributed by atoms with E-state index in [1.54, 1.807) is 29.1 Å². The molecule has 2 aromatic carbocycles. The Hall–Kier alpha value is -3.29. The van der Waals surface area contributed by atoms with Gasteiger partial charge in [-0.2, -0.15) is 10.2 Å². The number of aryl methyl sites for hydroxylation is 2. The molecule has 0 aliphatic heterocycles. The fourth-order valence-electron chi connectivity index (χ4n) is 3.48. The van der Waals surface area contributed by atoms with Crippen molar-refractivity contribution in [3.8, 4) is 5.75 Å². The minimum Gasteiger partial charge on any atom is -0.471 e. The molecule has 0 saturated carbocycles. The minimum absolute atomic E-state index is 0.172. The highest BCUT2D eigenvalue weighted by Crippen LogP contribution is 2.23. The molecule has 0 radical (unpaired) electrons. The summed E-state index contributed by atoms with van der Waals surface area (Å²) < 4.78 is 9.19. The van der Waals surface area contributed by atoms with Crippen LogP contribution in [0.25, 0.3) is 0 Å². The number of rotatable bonds is 7. The molecule has 0 spiro atoms. The predicted octanol–water partition coefficient (Wildman–Crippen LogP) is 5.65. The summed E-state index contributed by atoms with van der Waals surface area (Å²) in [6, 6.07) is 14.7. The molecular formula is C24H23Cl2N5O2. The van der Waals surface area contributed by atoms with Gasteiger partial charge in [0.25, 0.3) is 5.91 Å². The molecule has 170 valence electrons. The molecule has 4 rings (SSSR count). The van der Waals surface area contributed by atoms with Crippen molar-refractivity contribution < 1.29 is 9.53 Å². The van der Waals surface area contributed by atoms with Crippen LogP contribution in [0.4, 0.5) is 5.69 Å². The van der Waals surface area contributed by atoms with Crippen molar-refractivity contribution >= 4 is 34.8 Å². The summed E-state index contributed by atoms with van der Waals surface area (Å²) in [6.07, 6.45) is 1.70. The zero-order valence-electron chi connectivity index (χ0n) is 18.5. The fourth-order valence-corrected chi connectivity index (χ4v) is 3.92. The third kappa shape index (κ3) is 5.38. The van der Waals surface area contributed by atoms with Gasteiger partial charge in [-0.25, -0.2) is 4.68 Å². The Morgan fingerprint density at radius 2 is 1.82 bits per heavy atom. The largest absolute Gasteiger partial charge is 0.471 e. The molecule has 33 heavy (non-hydrogen) atoms. The fraction of sp³-hybridized carbons (Fsp3) is 0.208. The third-order valence-corrected chi connectivity index (χ3v) is 5.67. The topological polar surface area (TPSA) is 74.0 Å². The lowest BCUT2D eigenvalue weighted by molar-refractivity contribution is 0.102. The number of anilines is 1. The molecular weight excluding hydrogens is 461 g/mol. The summed E-state index contributed by atoms with van der Waals surface area (Å²) >= 11 is 12.1. The van der Waals surface area contributed by atoms with Gasteiger partial charge in [0.05, 0.1) is 23.6 Å². The van der Waals surface area contributed by atoms with Crippen LogP contribution in [0.5, 0.6) is 5.75 Å². The first-order valence-electron chi connectivity index (χ1n) is 10.3. The van der Waals surface area contributed by atoms with E-state index >= 15 is 0 Å². The molecule has 1 amide bonds. The Kier molecular flexibility index (Phi) is 6.72. The number of benzene rings is 2. The van der Waals surface area contributed by atoms with E-state index in [2.05, 4.69) is 15.5 Å². The number of hydrogen-bond donors (Lipinski definition) is 1. The Labute approximate surface area is 201 Å². The van der Waals surface area contributed by atoms with Crippen molar-refractivity contribution in [1.82, 2.24) is 19.6 Å². The highest BCUT2D eigenvalue weighted by atomic mass is 35.5. The van der Waals surface area contributed by atoms with E-state index in [1.807, 2.05) is 55.8 Å². The first-order valence-corrected chi connectivity index (χ1v) is 11.1. The highest BCUT2D eigenvalue weighted by Gasteiger charge is 2.17. The van der Waals surface area contributed by atoms with Crippen LogP contribution < -0.4 is 10.1 Å². The monoisotopic (exact) mass is 483 g/mol. The van der Waals surface area contributed by atoms with E-state index in [-0.39, 0.29) is 18.3 Å². The van der Waals surface area contributed by atoms with Gasteiger partial charge in [-0.05, 0) is 68.3 Å². The number of amides is 1. The lowest BCUT2D eigenvalue weighted by atomic mass is 10.2. The van der Waals surface area contributed by atoms with Crippen LogP contribution in [-0.2, 0) is 13.3 Å². The van der Waals surface area contributed by atoms with Gasteiger partial charge in [0.15, 0.2) is 12.4 Å². The summed E-state index contributed by atoms with van der Waals surface area (Å²) in [4.78, 5) is 12.8. The van der Waals surface area contributed by atoms with Crippen molar-refractivity contribution in [1.29, 1.82) is 0 Å². The number of aromatic nitrogens is 4. The van der Waals surface area contributed by atoms with Gasteiger partial charge in [-0.15, -0.1) is 0 Å². The van der Waals surface area contributed by atoms with Gasteiger partial charge in [0, 0.05) is 16.2 Å². The van der Waals surface area contributed by atoms with Crippen molar-refractivity contribution in [2.24, 2.45) is 0 Å². The summed E-state index contributed by atoms with van der Waals surface area (Å²) in [5.41, 5.74) is 4.48. The van der Waals surface area contributed by atoms with E-state index in [4.69, 9.17) is 27.9 Å². The summed E-state index contributed by atoms with van der Waals surface area (Å²) in [5.74, 6) is 0.393. The van der Waals surface area contributed by atoms with Crippen LogP contribution in [0.15, 0.2) is 54.7 Å². The van der Waals surface area contributed by atoms with Crippen molar-refractivity contribution in [2.45, 2.75) is 34.0 Å². The Morgan fingerprint density at radius 1 is 1.03 bits per heavy atom. The van der Waals surface area contributed by atoms with Crippen LogP contribution in [0.3, 0.4) is 0 Å². The molecule has 1 N–H and O–H groups in total. The van der Waals surface area contributed by atoms with Gasteiger partial charge < -0.3 is 10.1 Å². The molecule has 2 aromatic heterocycles. The summed E-state index contributed by atoms with van der Waals surface area (Å²) in [7, 11) is 0. The van der Waals surface area contributed by atoms with E-state index in [0.29, 0.717) is 28.0 Å². The highest BCUT2D eigenvalue weighted by molar-refractivity contribution is 6.30. The molecule has 0 saturated heterocycles. The Bertz CT molecular complexity index is 1310. The van der Waals surface area contributed by atoms with E-state index in [0.717, 1.165) is 22.5 Å². The number of carbonyl (C=O) groups excluding carboxylic acids is 1. The lowest BCUT2D eigenvalue weighted by Gasteiger charge is -2.09. The molecule has 9 heteroatoms. The van der Waals surface area contributed by atoms with Crippen LogP contribution >= 0.6 is 23.2 Å². The number of hydrogen-bond acceptors (Lipinski definition) is 4. The van der Waals surface area contributed by atoms with Crippen LogP contribution in [0, 0.1) is 20.8 Å². The molecule has 2 heterocycles. The van der Waals surface area contributed by atoms with Crippen LogP contribution in [0.2, 0.25) is 10.0 Å². The SMILES string of the molecule is Cc1cc(Cl)ccc1OCn1ccc(C(=O)Nc2c(C)nn(Cc3cccc(Cl)c3)c2C)n1. The molecule has 0 unspecified atom stereocenters. The Morgan fingerprint density at radius 3 is 2.58 bits per heavy atom. The second-order valence-electron chi connectivity index (χ2n) is 7.71. The van der Waals surface area contributed by atoms with Crippen LogP contribution in [-0.4, -0.2) is 25.5 Å². The van der Waals surface area contributed by atoms with Gasteiger partial charge in [-0.3, -0.25) is 9.48 Å². The second-order valence-corrected chi connectivity index (χ2v) is 8.58. The van der Waals surface area contributed by atoms with Gasteiger partial charge in [-0.1, -0.05) is 35.3 Å². The molecule has 4 aromatic rings. The molecule has 0 aliphatic rings. The first kappa shape index (κ1) is 22.9. The number of nitrogens with one attached hydrogen (secondary N) is 1. The standard InChI is InChI=1S/C24H23Cl2N5O2/c1-15-11-20(26)7-8-22(15)33-14-30-10-9-21(29-30)24(32)27-23-16(2)28-31(17(23)3)13-18-5-4-6-19(25)12-18/h4-12H,13-14H2,1-3H3,(H,27,32). The second kappa shape index (κ2) is 9.68. The maximum Gasteiger partial charge on any atom is 0.276 e. The Balaban J connectivity index is 1.42. The molecule has 7 nitrogen and oxygen atoms in total. The number of nitrogens with zero attached hydrogens (tertiary/aromatic N) is 4. The quantitative estimate of drug-likeness (QED) is 0.368. The van der Waals surface area contributed by atoms with Crippen molar-refractivity contribution in [2.75, 3.05) is 5.32 Å². The molecule has 0 atom stereocenters. The first-order chi connectivity index (χ1) is 15.8. The summed E-state index contributed by atoms with van der Waals surface area (Å²) in [5, 5.41) is 13.2. The predicted molar refractivity (Wildman–Crippen MR) is 129 cm³/mol. The van der Waals surface area contributed by atoms with E-state index in [9.17, 15) is 4.79 Å². The average molecular weight is 484 g/mol. The lowest BCUT2D eigenvalue weighted by Crippen LogP contribution is -2.15. The van der Waals surface area contributed by atoms with Gasteiger partial charge >= 0.3 is 0 Å². The molecule has 0 fully saturated rings. The normalized spacial score (nSPS) is 10.9. The van der Waals surface area contributed by atoms with Gasteiger partial charge in [0.2, 0.25) is 0 Å². The number of halogens is 2. The minimum atomic E-state index is -0.315. The van der Waals surface area contributed by atoms with E-state index < -0.39 is 0 Å². The zero-order chi connectivity index (χ0) is 23.5. The maximum atomic E-state index is 12.8. The van der Waals surface area contributed by atoms with E-state index in [1.165, 1.54) is 0 Å². The molecule has 0 bridgehead atoms. The maximum absolute atomic E-state index is 12.8. The van der Waals surface area contributed by atoms with Gasteiger partial charge in [0.1, 0.15) is 5.75 Å². The van der Waals surface area contributed by atoms with Crippen molar-refractivity contribution in [3.05, 3.63) is 93.0 Å². The smallest absolute Gasteiger partial charge is 0.276 e. The number of carbonyl (C=O) groups is 1.